The van der Waals surface area contributed by atoms with Crippen molar-refractivity contribution in [2.45, 2.75) is 12.2 Å². The molecule has 0 saturated carbocycles. The summed E-state index contributed by atoms with van der Waals surface area (Å²) in [6.45, 7) is 0.226. The van der Waals surface area contributed by atoms with Gasteiger partial charge in [-0.2, -0.15) is 0 Å². The highest BCUT2D eigenvalue weighted by atomic mass is 35.5. The van der Waals surface area contributed by atoms with Gasteiger partial charge in [-0.25, -0.2) is 4.98 Å². The molecule has 0 saturated heterocycles. The number of nitrogens with two attached hydrogens (primary N) is 1. The number of aromatic nitrogens is 1. The Morgan fingerprint density at radius 3 is 2.90 bits per heavy atom. The Labute approximate surface area is 120 Å². The van der Waals surface area contributed by atoms with Crippen LogP contribution >= 0.6 is 11.6 Å². The van der Waals surface area contributed by atoms with Crippen molar-refractivity contribution in [2.24, 2.45) is 0 Å². The number of nitrogen functional groups attached to an aromatic ring is 1. The van der Waals surface area contributed by atoms with Gasteiger partial charge in [0.15, 0.2) is 17.6 Å². The summed E-state index contributed by atoms with van der Waals surface area (Å²) < 4.78 is 11.3. The van der Waals surface area contributed by atoms with Crippen molar-refractivity contribution in [2.75, 3.05) is 12.3 Å². The first-order valence-electron chi connectivity index (χ1n) is 6.12. The van der Waals surface area contributed by atoms with Gasteiger partial charge in [-0.3, -0.25) is 0 Å². The van der Waals surface area contributed by atoms with Crippen LogP contribution in [0.4, 0.5) is 5.82 Å². The Hall–Kier alpha value is -1.98. The first-order valence-corrected chi connectivity index (χ1v) is 6.50. The Morgan fingerprint density at radius 1 is 1.35 bits per heavy atom. The average Bonchev–Trinajstić information content (AvgIpc) is 2.48. The molecule has 0 spiro atoms. The van der Waals surface area contributed by atoms with Crippen molar-refractivity contribution in [3.63, 3.8) is 0 Å². The molecule has 3 N–H and O–H groups in total. The number of ether oxygens (including phenoxy) is 2. The van der Waals surface area contributed by atoms with E-state index >= 15 is 0 Å². The third-order valence-corrected chi connectivity index (χ3v) is 3.32. The largest absolute Gasteiger partial charge is 0.486 e. The summed E-state index contributed by atoms with van der Waals surface area (Å²) in [5.74, 6) is 1.48. The fraction of sp³-hybridized carbons (Fsp3) is 0.214. The van der Waals surface area contributed by atoms with Gasteiger partial charge in [0.2, 0.25) is 0 Å². The Bertz CT molecular complexity index is 636. The quantitative estimate of drug-likeness (QED) is 0.887. The summed E-state index contributed by atoms with van der Waals surface area (Å²) in [6.07, 6.45) is -0.0947. The summed E-state index contributed by atoms with van der Waals surface area (Å²) in [4.78, 5) is 3.93. The molecular weight excluding hydrogens is 280 g/mol. The predicted octanol–water partition coefficient (Wildman–Crippen LogP) is 2.19. The lowest BCUT2D eigenvalue weighted by molar-refractivity contribution is -0.0110. The minimum atomic E-state index is -0.963. The minimum absolute atomic E-state index is 0.226. The number of aliphatic hydroxyl groups excluding tert-OH is 1. The third kappa shape index (κ3) is 2.37. The number of nitrogens with zero attached hydrogens (tertiary/aromatic N) is 1. The van der Waals surface area contributed by atoms with E-state index in [-0.39, 0.29) is 12.4 Å². The highest BCUT2D eigenvalue weighted by molar-refractivity contribution is 6.30. The van der Waals surface area contributed by atoms with Crippen molar-refractivity contribution in [3.8, 4) is 11.5 Å². The van der Waals surface area contributed by atoms with Crippen LogP contribution in [-0.4, -0.2) is 22.8 Å². The number of hydrogen-bond donors (Lipinski definition) is 2. The smallest absolute Gasteiger partial charge is 0.163 e. The van der Waals surface area contributed by atoms with Crippen molar-refractivity contribution < 1.29 is 14.6 Å². The van der Waals surface area contributed by atoms with E-state index in [0.29, 0.717) is 22.1 Å². The lowest BCUT2D eigenvalue weighted by Gasteiger charge is -2.30. The number of anilines is 1. The number of rotatable bonds is 2. The van der Waals surface area contributed by atoms with Crippen molar-refractivity contribution in [1.29, 1.82) is 0 Å². The molecule has 104 valence electrons. The molecule has 1 aliphatic heterocycles. The van der Waals surface area contributed by atoms with Crippen LogP contribution in [0.3, 0.4) is 0 Å². The van der Waals surface area contributed by atoms with Gasteiger partial charge in [0.05, 0.1) is 5.02 Å². The zero-order valence-corrected chi connectivity index (χ0v) is 11.2. The number of aliphatic hydroxyl groups is 1. The zero-order chi connectivity index (χ0) is 14.1. The maximum Gasteiger partial charge on any atom is 0.163 e. The normalized spacial score (nSPS) is 18.6. The molecule has 0 amide bonds. The van der Waals surface area contributed by atoms with Gasteiger partial charge in [0.25, 0.3) is 0 Å². The van der Waals surface area contributed by atoms with Gasteiger partial charge < -0.3 is 20.3 Å². The van der Waals surface area contributed by atoms with Crippen LogP contribution < -0.4 is 15.2 Å². The summed E-state index contributed by atoms with van der Waals surface area (Å²) >= 11 is 5.88. The van der Waals surface area contributed by atoms with Gasteiger partial charge in [0.1, 0.15) is 18.5 Å². The van der Waals surface area contributed by atoms with Crippen LogP contribution in [0.15, 0.2) is 36.5 Å². The van der Waals surface area contributed by atoms with Crippen LogP contribution in [0.25, 0.3) is 0 Å². The fourth-order valence-corrected chi connectivity index (χ4v) is 2.26. The fourth-order valence-electron chi connectivity index (χ4n) is 2.09. The van der Waals surface area contributed by atoms with Crippen LogP contribution in [0.1, 0.15) is 11.7 Å². The van der Waals surface area contributed by atoms with Gasteiger partial charge >= 0.3 is 0 Å². The Morgan fingerprint density at radius 2 is 2.10 bits per heavy atom. The van der Waals surface area contributed by atoms with E-state index in [2.05, 4.69) is 4.98 Å². The standard InChI is InChI=1S/C14H13ClN2O3/c15-8-5-9(14(16)17-6-8)13(18)12-7-19-10-3-1-2-4-11(10)20-12/h1-6,12-13,18H,7H2,(H2,16,17). The second kappa shape index (κ2) is 5.19. The Balaban J connectivity index is 1.85. The first-order chi connectivity index (χ1) is 9.65. The predicted molar refractivity (Wildman–Crippen MR) is 75.0 cm³/mol. The molecule has 2 atom stereocenters. The van der Waals surface area contributed by atoms with E-state index < -0.39 is 12.2 Å². The molecule has 1 aliphatic rings. The molecule has 2 aromatic rings. The molecule has 2 heterocycles. The molecule has 0 fully saturated rings. The molecule has 0 radical (unpaired) electrons. The number of hydrogen-bond acceptors (Lipinski definition) is 5. The SMILES string of the molecule is Nc1ncc(Cl)cc1C(O)C1COc2ccccc2O1. The highest BCUT2D eigenvalue weighted by Crippen LogP contribution is 2.35. The molecule has 0 aliphatic carbocycles. The summed E-state index contributed by atoms with van der Waals surface area (Å²) in [6, 6.07) is 8.88. The van der Waals surface area contributed by atoms with E-state index in [1.165, 1.54) is 6.20 Å². The molecule has 20 heavy (non-hydrogen) atoms. The van der Waals surface area contributed by atoms with Crippen molar-refractivity contribution in [3.05, 3.63) is 47.1 Å². The summed E-state index contributed by atoms with van der Waals surface area (Å²) in [5, 5.41) is 10.8. The number of fused-ring (bicyclic) bond motifs is 1. The van der Waals surface area contributed by atoms with Crippen molar-refractivity contribution in [1.82, 2.24) is 4.98 Å². The minimum Gasteiger partial charge on any atom is -0.486 e. The molecule has 2 unspecified atom stereocenters. The van der Waals surface area contributed by atoms with Crippen LogP contribution in [0.2, 0.25) is 5.02 Å². The lowest BCUT2D eigenvalue weighted by atomic mass is 10.0. The third-order valence-electron chi connectivity index (χ3n) is 3.12. The molecule has 6 heteroatoms. The summed E-state index contributed by atoms with van der Waals surface area (Å²) in [7, 11) is 0. The average molecular weight is 293 g/mol. The number of para-hydroxylation sites is 2. The van der Waals surface area contributed by atoms with E-state index in [1.54, 1.807) is 12.1 Å². The monoisotopic (exact) mass is 292 g/mol. The van der Waals surface area contributed by atoms with Gasteiger partial charge in [-0.05, 0) is 18.2 Å². The topological polar surface area (TPSA) is 77.6 Å². The van der Waals surface area contributed by atoms with Crippen molar-refractivity contribution >= 4 is 17.4 Å². The molecular formula is C14H13ClN2O3. The first kappa shape index (κ1) is 13.0. The number of pyridine rings is 1. The summed E-state index contributed by atoms with van der Waals surface area (Å²) in [5.41, 5.74) is 6.20. The molecule has 1 aromatic carbocycles. The van der Waals surface area contributed by atoms with Crippen LogP contribution in [0.5, 0.6) is 11.5 Å². The molecule has 3 rings (SSSR count). The van der Waals surface area contributed by atoms with Crippen LogP contribution in [-0.2, 0) is 0 Å². The maximum atomic E-state index is 10.4. The van der Waals surface area contributed by atoms with Gasteiger partial charge in [-0.1, -0.05) is 23.7 Å². The number of halogens is 1. The zero-order valence-electron chi connectivity index (χ0n) is 10.5. The van der Waals surface area contributed by atoms with Gasteiger partial charge in [-0.15, -0.1) is 0 Å². The second-order valence-electron chi connectivity index (χ2n) is 4.49. The van der Waals surface area contributed by atoms with E-state index in [1.807, 2.05) is 18.2 Å². The van der Waals surface area contributed by atoms with E-state index in [4.69, 9.17) is 26.8 Å². The molecule has 0 bridgehead atoms. The Kier molecular flexibility index (Phi) is 3.38. The van der Waals surface area contributed by atoms with E-state index in [0.717, 1.165) is 0 Å². The van der Waals surface area contributed by atoms with Gasteiger partial charge in [0, 0.05) is 11.8 Å². The highest BCUT2D eigenvalue weighted by Gasteiger charge is 2.30. The molecule has 5 nitrogen and oxygen atoms in total. The molecule has 1 aromatic heterocycles. The number of benzene rings is 1. The lowest BCUT2D eigenvalue weighted by Crippen LogP contribution is -2.35. The van der Waals surface area contributed by atoms with Crippen LogP contribution in [0, 0.1) is 0 Å². The second-order valence-corrected chi connectivity index (χ2v) is 4.92. The maximum absolute atomic E-state index is 10.4. The van der Waals surface area contributed by atoms with E-state index in [9.17, 15) is 5.11 Å².